The van der Waals surface area contributed by atoms with Crippen LogP contribution in [0, 0.1) is 5.92 Å². The Balaban J connectivity index is 2.01. The Bertz CT molecular complexity index is 382. The third kappa shape index (κ3) is 3.06. The maximum Gasteiger partial charge on any atom is 0.150 e. The zero-order valence-electron chi connectivity index (χ0n) is 11.5. The number of nitrogens with zero attached hydrogens (tertiary/aromatic N) is 1. The van der Waals surface area contributed by atoms with Crippen LogP contribution in [0.25, 0.3) is 0 Å². The van der Waals surface area contributed by atoms with E-state index in [0.717, 1.165) is 45.2 Å². The normalized spacial score (nSPS) is 39.1. The van der Waals surface area contributed by atoms with Crippen molar-refractivity contribution in [1.82, 2.24) is 4.90 Å². The highest BCUT2D eigenvalue weighted by atomic mass is 32.2. The van der Waals surface area contributed by atoms with Gasteiger partial charge in [-0.3, -0.25) is 4.90 Å². The first-order valence-electron chi connectivity index (χ1n) is 7.06. The molecule has 18 heavy (non-hydrogen) atoms. The predicted octanol–water partition coefficient (Wildman–Crippen LogP) is 1.01. The van der Waals surface area contributed by atoms with Crippen molar-refractivity contribution in [3.8, 4) is 0 Å². The van der Waals surface area contributed by atoms with Crippen LogP contribution in [-0.4, -0.2) is 50.0 Å². The van der Waals surface area contributed by atoms with Gasteiger partial charge >= 0.3 is 0 Å². The monoisotopic (exact) mass is 274 g/mol. The predicted molar refractivity (Wildman–Crippen MR) is 74.2 cm³/mol. The van der Waals surface area contributed by atoms with Gasteiger partial charge in [0.2, 0.25) is 0 Å². The highest BCUT2D eigenvalue weighted by molar-refractivity contribution is 7.91. The van der Waals surface area contributed by atoms with Crippen LogP contribution < -0.4 is 5.73 Å². The molecule has 1 saturated carbocycles. The van der Waals surface area contributed by atoms with Crippen LogP contribution >= 0.6 is 0 Å². The summed E-state index contributed by atoms with van der Waals surface area (Å²) in [7, 11) is -2.88. The van der Waals surface area contributed by atoms with Crippen molar-refractivity contribution in [2.45, 2.75) is 56.4 Å². The molecule has 0 bridgehead atoms. The van der Waals surface area contributed by atoms with Crippen molar-refractivity contribution >= 4 is 9.84 Å². The zero-order chi connectivity index (χ0) is 13.3. The molecule has 0 aromatic carbocycles. The van der Waals surface area contributed by atoms with Crippen LogP contribution in [0.5, 0.6) is 0 Å². The van der Waals surface area contributed by atoms with Gasteiger partial charge < -0.3 is 5.73 Å². The van der Waals surface area contributed by atoms with E-state index in [1.54, 1.807) is 0 Å². The minimum absolute atomic E-state index is 0.125. The molecule has 1 heterocycles. The molecule has 2 fully saturated rings. The smallest absolute Gasteiger partial charge is 0.150 e. The fourth-order valence-corrected chi connectivity index (χ4v) is 4.83. The Morgan fingerprint density at radius 3 is 2.56 bits per heavy atom. The van der Waals surface area contributed by atoms with Gasteiger partial charge in [0, 0.05) is 24.9 Å². The molecule has 2 N–H and O–H groups in total. The molecule has 2 rings (SSSR count). The van der Waals surface area contributed by atoms with Gasteiger partial charge in [0.15, 0.2) is 0 Å². The number of likely N-dealkylation sites (tertiary alicyclic amines) is 1. The summed E-state index contributed by atoms with van der Waals surface area (Å²) in [4.78, 5) is 2.51. The van der Waals surface area contributed by atoms with E-state index in [2.05, 4.69) is 11.8 Å². The van der Waals surface area contributed by atoms with Crippen LogP contribution in [0.1, 0.15) is 39.0 Å². The lowest BCUT2D eigenvalue weighted by atomic mass is 9.93. The lowest BCUT2D eigenvalue weighted by Gasteiger charge is -2.37. The summed E-state index contributed by atoms with van der Waals surface area (Å²) in [5.41, 5.74) is 5.76. The lowest BCUT2D eigenvalue weighted by Crippen LogP contribution is -2.43. The Morgan fingerprint density at radius 2 is 2.00 bits per heavy atom. The number of hydrogen-bond acceptors (Lipinski definition) is 4. The Morgan fingerprint density at radius 1 is 1.28 bits per heavy atom. The van der Waals surface area contributed by atoms with E-state index < -0.39 is 9.84 Å². The molecule has 0 radical (unpaired) electrons. The van der Waals surface area contributed by atoms with E-state index in [9.17, 15) is 8.42 Å². The maximum atomic E-state index is 11.7. The average molecular weight is 274 g/mol. The molecule has 106 valence electrons. The average Bonchev–Trinajstić information content (AvgIpc) is 2.70. The molecule has 1 aliphatic carbocycles. The van der Waals surface area contributed by atoms with Gasteiger partial charge in [-0.05, 0) is 45.1 Å². The van der Waals surface area contributed by atoms with Crippen LogP contribution in [0.15, 0.2) is 0 Å². The first-order valence-corrected chi connectivity index (χ1v) is 9.02. The molecule has 2 aliphatic rings. The summed E-state index contributed by atoms with van der Waals surface area (Å²) in [6, 6.07) is 1.01. The van der Waals surface area contributed by atoms with Crippen molar-refractivity contribution < 1.29 is 8.42 Å². The fourth-order valence-electron chi connectivity index (χ4n) is 3.66. The Hall–Kier alpha value is -0.130. The van der Waals surface area contributed by atoms with Crippen molar-refractivity contribution in [3.05, 3.63) is 0 Å². The summed E-state index contributed by atoms with van der Waals surface area (Å²) in [5, 5.41) is -0.125. The molecule has 4 unspecified atom stereocenters. The van der Waals surface area contributed by atoms with E-state index >= 15 is 0 Å². The quantitative estimate of drug-likeness (QED) is 0.834. The van der Waals surface area contributed by atoms with E-state index in [1.165, 1.54) is 6.26 Å². The van der Waals surface area contributed by atoms with E-state index in [4.69, 9.17) is 5.73 Å². The van der Waals surface area contributed by atoms with Crippen molar-refractivity contribution in [2.75, 3.05) is 19.3 Å². The van der Waals surface area contributed by atoms with Gasteiger partial charge in [-0.2, -0.15) is 0 Å². The van der Waals surface area contributed by atoms with Gasteiger partial charge in [0.05, 0.1) is 5.25 Å². The lowest BCUT2D eigenvalue weighted by molar-refractivity contribution is 0.148. The molecule has 5 heteroatoms. The molecule has 0 aromatic rings. The SMILES string of the molecule is CC1CC(CN)CN1C1CCCC(S(C)(=O)=O)C1. The maximum absolute atomic E-state index is 11.7. The number of sulfone groups is 1. The molecule has 4 atom stereocenters. The largest absolute Gasteiger partial charge is 0.330 e. The topological polar surface area (TPSA) is 63.4 Å². The minimum Gasteiger partial charge on any atom is -0.330 e. The third-order valence-electron chi connectivity index (χ3n) is 4.72. The van der Waals surface area contributed by atoms with E-state index in [0.29, 0.717) is 18.0 Å². The summed E-state index contributed by atoms with van der Waals surface area (Å²) in [6.07, 6.45) is 6.40. The molecule has 0 spiro atoms. The van der Waals surface area contributed by atoms with Gasteiger partial charge in [-0.25, -0.2) is 8.42 Å². The molecule has 4 nitrogen and oxygen atoms in total. The van der Waals surface area contributed by atoms with Crippen molar-refractivity contribution in [1.29, 1.82) is 0 Å². The Labute approximate surface area is 111 Å². The van der Waals surface area contributed by atoms with Gasteiger partial charge in [0.25, 0.3) is 0 Å². The summed E-state index contributed by atoms with van der Waals surface area (Å²) in [5.74, 6) is 0.596. The second kappa shape index (κ2) is 5.47. The van der Waals surface area contributed by atoms with Gasteiger partial charge in [-0.1, -0.05) is 6.42 Å². The second-order valence-corrected chi connectivity index (χ2v) is 8.48. The molecular weight excluding hydrogens is 248 g/mol. The van der Waals surface area contributed by atoms with Crippen LogP contribution in [-0.2, 0) is 9.84 Å². The molecule has 1 aliphatic heterocycles. The second-order valence-electron chi connectivity index (χ2n) is 6.16. The summed E-state index contributed by atoms with van der Waals surface area (Å²) >= 11 is 0. The van der Waals surface area contributed by atoms with Crippen LogP contribution in [0.2, 0.25) is 0 Å². The number of hydrogen-bond donors (Lipinski definition) is 1. The van der Waals surface area contributed by atoms with Crippen molar-refractivity contribution in [2.24, 2.45) is 11.7 Å². The van der Waals surface area contributed by atoms with Crippen molar-refractivity contribution in [3.63, 3.8) is 0 Å². The minimum atomic E-state index is -2.88. The highest BCUT2D eigenvalue weighted by Gasteiger charge is 2.37. The van der Waals surface area contributed by atoms with E-state index in [-0.39, 0.29) is 5.25 Å². The van der Waals surface area contributed by atoms with E-state index in [1.807, 2.05) is 0 Å². The number of nitrogens with two attached hydrogens (primary N) is 1. The first kappa shape index (κ1) is 14.3. The molecule has 0 aromatic heterocycles. The highest BCUT2D eigenvalue weighted by Crippen LogP contribution is 2.33. The van der Waals surface area contributed by atoms with Crippen LogP contribution in [0.4, 0.5) is 0 Å². The summed E-state index contributed by atoms with van der Waals surface area (Å²) in [6.45, 7) is 4.06. The van der Waals surface area contributed by atoms with Crippen LogP contribution in [0.3, 0.4) is 0 Å². The summed E-state index contributed by atoms with van der Waals surface area (Å²) < 4.78 is 23.4. The van der Waals surface area contributed by atoms with Gasteiger partial charge in [-0.15, -0.1) is 0 Å². The third-order valence-corrected chi connectivity index (χ3v) is 6.36. The fraction of sp³-hybridized carbons (Fsp3) is 1.00. The Kier molecular flexibility index (Phi) is 4.34. The first-order chi connectivity index (χ1) is 8.41. The molecule has 1 saturated heterocycles. The zero-order valence-corrected chi connectivity index (χ0v) is 12.3. The molecule has 0 amide bonds. The standard InChI is InChI=1S/C13H26N2O2S/c1-10-6-11(8-14)9-15(10)12-4-3-5-13(7-12)18(2,16)17/h10-13H,3-9,14H2,1-2H3. The number of rotatable bonds is 3. The molecular formula is C13H26N2O2S. The van der Waals surface area contributed by atoms with Gasteiger partial charge in [0.1, 0.15) is 9.84 Å².